The van der Waals surface area contributed by atoms with E-state index in [-0.39, 0.29) is 0 Å². The van der Waals surface area contributed by atoms with Gasteiger partial charge in [-0.25, -0.2) is 0 Å². The smallest absolute Gasteiger partial charge is 0.0478 e. The molecule has 1 rings (SSSR count). The number of hydrogen-bond donors (Lipinski definition) is 1. The molecule has 1 aromatic rings. The van der Waals surface area contributed by atoms with Crippen molar-refractivity contribution in [3.63, 3.8) is 0 Å². The van der Waals surface area contributed by atoms with E-state index in [2.05, 4.69) is 66.0 Å². The van der Waals surface area contributed by atoms with Crippen LogP contribution in [0.3, 0.4) is 0 Å². The summed E-state index contributed by atoms with van der Waals surface area (Å²) in [7, 11) is 0. The van der Waals surface area contributed by atoms with Crippen LogP contribution in [0.25, 0.3) is 0 Å². The first-order valence-corrected chi connectivity index (χ1v) is 5.86. The van der Waals surface area contributed by atoms with Gasteiger partial charge >= 0.3 is 0 Å². The van der Waals surface area contributed by atoms with Gasteiger partial charge in [-0.15, -0.1) is 0 Å². The molecule has 0 saturated carbocycles. The Morgan fingerprint density at radius 3 is 2.38 bits per heavy atom. The highest BCUT2D eigenvalue weighted by molar-refractivity contribution is 14.1. The molecule has 0 amide bonds. The van der Waals surface area contributed by atoms with Gasteiger partial charge in [0.15, 0.2) is 0 Å². The van der Waals surface area contributed by atoms with Crippen LogP contribution in [0, 0.1) is 3.57 Å². The molecule has 0 aliphatic carbocycles. The summed E-state index contributed by atoms with van der Waals surface area (Å²) in [6, 6.07) is 9.02. The second kappa shape index (κ2) is 5.47. The van der Waals surface area contributed by atoms with Gasteiger partial charge in [-0.05, 0) is 47.6 Å². The third-order valence-corrected chi connectivity index (χ3v) is 3.16. The van der Waals surface area contributed by atoms with E-state index in [0.29, 0.717) is 6.04 Å². The van der Waals surface area contributed by atoms with Crippen molar-refractivity contribution in [1.82, 2.24) is 0 Å². The van der Waals surface area contributed by atoms with Crippen LogP contribution in [0.5, 0.6) is 0 Å². The molecule has 0 fully saturated rings. The lowest BCUT2D eigenvalue weighted by molar-refractivity contribution is 0.671. The van der Waals surface area contributed by atoms with E-state index in [1.54, 1.807) is 0 Å². The minimum absolute atomic E-state index is 0.607. The summed E-state index contributed by atoms with van der Waals surface area (Å²) in [6.07, 6.45) is 2.36. The van der Waals surface area contributed by atoms with Gasteiger partial charge in [0.2, 0.25) is 0 Å². The van der Waals surface area contributed by atoms with Crippen molar-refractivity contribution < 1.29 is 0 Å². The van der Waals surface area contributed by atoms with Crippen LogP contribution >= 0.6 is 22.6 Å². The molecule has 0 spiro atoms. The van der Waals surface area contributed by atoms with Crippen molar-refractivity contribution in [2.75, 3.05) is 5.32 Å². The lowest BCUT2D eigenvalue weighted by Gasteiger charge is -2.17. The molecule has 0 heterocycles. The highest BCUT2D eigenvalue weighted by Crippen LogP contribution is 2.19. The molecule has 1 nitrogen and oxygen atoms in total. The van der Waals surface area contributed by atoms with Crippen molar-refractivity contribution in [3.8, 4) is 0 Å². The van der Waals surface area contributed by atoms with Crippen LogP contribution in [0.2, 0.25) is 0 Å². The topological polar surface area (TPSA) is 12.0 Å². The summed E-state index contributed by atoms with van der Waals surface area (Å²) in [5.41, 5.74) is 1.26. The standard InChI is InChI=1S/C11H16IN/c1-3-9(4-2)13-11-8-6-5-7-10(11)12/h5-9,13H,3-4H2,1-2H3. The number of nitrogens with one attached hydrogen (secondary N) is 1. The predicted octanol–water partition coefficient (Wildman–Crippen LogP) is 3.89. The molecule has 2 heteroatoms. The minimum atomic E-state index is 0.607. The molecular weight excluding hydrogens is 273 g/mol. The van der Waals surface area contributed by atoms with Crippen LogP contribution in [0.4, 0.5) is 5.69 Å². The number of benzene rings is 1. The highest BCUT2D eigenvalue weighted by Gasteiger charge is 2.04. The van der Waals surface area contributed by atoms with Crippen LogP contribution in [0.1, 0.15) is 26.7 Å². The van der Waals surface area contributed by atoms with Gasteiger partial charge in [0, 0.05) is 15.3 Å². The Labute approximate surface area is 94.1 Å². The largest absolute Gasteiger partial charge is 0.381 e. The van der Waals surface area contributed by atoms with E-state index in [1.165, 1.54) is 22.1 Å². The van der Waals surface area contributed by atoms with Crippen LogP contribution < -0.4 is 5.32 Å². The summed E-state index contributed by atoms with van der Waals surface area (Å²) >= 11 is 2.36. The van der Waals surface area contributed by atoms with Crippen LogP contribution in [-0.2, 0) is 0 Å². The fourth-order valence-corrected chi connectivity index (χ4v) is 1.83. The molecule has 0 aliphatic heterocycles. The zero-order valence-corrected chi connectivity index (χ0v) is 10.3. The summed E-state index contributed by atoms with van der Waals surface area (Å²) in [4.78, 5) is 0. The first-order chi connectivity index (χ1) is 6.27. The number of hydrogen-bond acceptors (Lipinski definition) is 1. The molecule has 0 aliphatic rings. The highest BCUT2D eigenvalue weighted by atomic mass is 127. The van der Waals surface area contributed by atoms with Gasteiger partial charge in [-0.3, -0.25) is 0 Å². The monoisotopic (exact) mass is 289 g/mol. The number of para-hydroxylation sites is 1. The molecule has 1 N–H and O–H groups in total. The molecule has 0 saturated heterocycles. The third kappa shape index (κ3) is 3.18. The van der Waals surface area contributed by atoms with Gasteiger partial charge in [0.1, 0.15) is 0 Å². The van der Waals surface area contributed by atoms with Crippen molar-refractivity contribution in [1.29, 1.82) is 0 Å². The van der Waals surface area contributed by atoms with E-state index in [0.717, 1.165) is 0 Å². The molecule has 72 valence electrons. The second-order valence-corrected chi connectivity index (χ2v) is 4.30. The second-order valence-electron chi connectivity index (χ2n) is 3.14. The number of halogens is 1. The van der Waals surface area contributed by atoms with E-state index in [1.807, 2.05) is 0 Å². The van der Waals surface area contributed by atoms with E-state index in [4.69, 9.17) is 0 Å². The van der Waals surface area contributed by atoms with Gasteiger partial charge in [-0.2, -0.15) is 0 Å². The Kier molecular flexibility index (Phi) is 4.56. The zero-order chi connectivity index (χ0) is 9.68. The molecule has 13 heavy (non-hydrogen) atoms. The Bertz CT molecular complexity index is 256. The number of anilines is 1. The predicted molar refractivity (Wildman–Crippen MR) is 67.2 cm³/mol. The van der Waals surface area contributed by atoms with Gasteiger partial charge in [-0.1, -0.05) is 26.0 Å². The molecular formula is C11H16IN. The fourth-order valence-electron chi connectivity index (χ4n) is 1.29. The van der Waals surface area contributed by atoms with Crippen LogP contribution in [0.15, 0.2) is 24.3 Å². The van der Waals surface area contributed by atoms with E-state index in [9.17, 15) is 0 Å². The summed E-state index contributed by atoms with van der Waals surface area (Å²) < 4.78 is 1.30. The normalized spacial score (nSPS) is 10.5. The molecule has 0 unspecified atom stereocenters. The third-order valence-electron chi connectivity index (χ3n) is 2.22. The summed E-state index contributed by atoms with van der Waals surface area (Å²) in [5.74, 6) is 0. The molecule has 0 radical (unpaired) electrons. The lowest BCUT2D eigenvalue weighted by Crippen LogP contribution is -2.17. The van der Waals surface area contributed by atoms with Gasteiger partial charge in [0.05, 0.1) is 0 Å². The quantitative estimate of drug-likeness (QED) is 0.829. The number of rotatable bonds is 4. The SMILES string of the molecule is CCC(CC)Nc1ccccc1I. The van der Waals surface area contributed by atoms with Crippen LogP contribution in [-0.4, -0.2) is 6.04 Å². The summed E-state index contributed by atoms with van der Waals surface area (Å²) in [5, 5.41) is 3.54. The molecule has 1 aromatic carbocycles. The maximum absolute atomic E-state index is 3.54. The zero-order valence-electron chi connectivity index (χ0n) is 8.18. The lowest BCUT2D eigenvalue weighted by atomic mass is 10.1. The average molecular weight is 289 g/mol. The average Bonchev–Trinajstić information content (AvgIpc) is 2.17. The Hall–Kier alpha value is -0.250. The minimum Gasteiger partial charge on any atom is -0.381 e. The molecule has 0 atom stereocenters. The first kappa shape index (κ1) is 10.8. The van der Waals surface area contributed by atoms with Crippen molar-refractivity contribution >= 4 is 28.3 Å². The van der Waals surface area contributed by atoms with Gasteiger partial charge < -0.3 is 5.32 Å². The maximum atomic E-state index is 3.54. The Morgan fingerprint density at radius 1 is 1.23 bits per heavy atom. The maximum Gasteiger partial charge on any atom is 0.0478 e. The fraction of sp³-hybridized carbons (Fsp3) is 0.455. The summed E-state index contributed by atoms with van der Waals surface area (Å²) in [6.45, 7) is 4.44. The van der Waals surface area contributed by atoms with Crippen molar-refractivity contribution in [2.45, 2.75) is 32.7 Å². The Balaban J connectivity index is 2.67. The molecule has 0 aromatic heterocycles. The van der Waals surface area contributed by atoms with Gasteiger partial charge in [0.25, 0.3) is 0 Å². The Morgan fingerprint density at radius 2 is 1.85 bits per heavy atom. The van der Waals surface area contributed by atoms with E-state index < -0.39 is 0 Å². The molecule has 0 bridgehead atoms. The van der Waals surface area contributed by atoms with Crippen molar-refractivity contribution in [3.05, 3.63) is 27.8 Å². The van der Waals surface area contributed by atoms with E-state index >= 15 is 0 Å². The first-order valence-electron chi connectivity index (χ1n) is 4.79. The van der Waals surface area contributed by atoms with Crippen molar-refractivity contribution in [2.24, 2.45) is 0 Å².